The lowest BCUT2D eigenvalue weighted by Gasteiger charge is -1.98. The molecule has 0 unspecified atom stereocenters. The topological polar surface area (TPSA) is 63.6 Å². The van der Waals surface area contributed by atoms with Gasteiger partial charge >= 0.3 is 11.9 Å². The van der Waals surface area contributed by atoms with Crippen LogP contribution < -0.4 is 0 Å². The number of carbonyl (C=O) groups is 2. The van der Waals surface area contributed by atoms with Crippen LogP contribution in [-0.2, 0) is 14.3 Å². The second kappa shape index (κ2) is 2.47. The molecular weight excluding hydrogens is 172 g/mol. The molecule has 0 aromatic carbocycles. The van der Waals surface area contributed by atoms with Crippen LogP contribution in [0.15, 0.2) is 0 Å². The molecule has 0 saturated heterocycles. The Bertz CT molecular complexity index is 273. The molecule has 2 aliphatic carbocycles. The van der Waals surface area contributed by atoms with E-state index in [1.54, 1.807) is 0 Å². The Morgan fingerprint density at radius 1 is 1.54 bits per heavy atom. The minimum Gasteiger partial charge on any atom is -0.481 e. The predicted molar refractivity (Wildman–Crippen MR) is 42.9 cm³/mol. The molecule has 0 aromatic rings. The van der Waals surface area contributed by atoms with Gasteiger partial charge in [0.1, 0.15) is 0 Å². The first-order chi connectivity index (χ1) is 6.06. The number of aliphatic carboxylic acids is 1. The highest BCUT2D eigenvalue weighted by Crippen LogP contribution is 2.74. The van der Waals surface area contributed by atoms with Gasteiger partial charge in [-0.15, -0.1) is 0 Å². The van der Waals surface area contributed by atoms with Gasteiger partial charge in [0.15, 0.2) is 0 Å². The number of hydrogen-bond donors (Lipinski definition) is 1. The van der Waals surface area contributed by atoms with Crippen LogP contribution in [0.2, 0.25) is 0 Å². The van der Waals surface area contributed by atoms with E-state index in [4.69, 9.17) is 9.84 Å². The van der Waals surface area contributed by atoms with Gasteiger partial charge in [-0.2, -0.15) is 0 Å². The van der Waals surface area contributed by atoms with E-state index < -0.39 is 5.97 Å². The van der Waals surface area contributed by atoms with Crippen molar-refractivity contribution in [2.75, 3.05) is 6.61 Å². The van der Waals surface area contributed by atoms with Crippen molar-refractivity contribution in [2.45, 2.75) is 19.8 Å². The zero-order chi connectivity index (χ0) is 9.64. The molecule has 0 aliphatic heterocycles. The van der Waals surface area contributed by atoms with Gasteiger partial charge in [-0.3, -0.25) is 9.59 Å². The molecule has 4 nitrogen and oxygen atoms in total. The number of rotatable bonds is 3. The molecule has 72 valence electrons. The summed E-state index contributed by atoms with van der Waals surface area (Å²) in [7, 11) is 0. The van der Waals surface area contributed by atoms with Gasteiger partial charge in [0, 0.05) is 12.8 Å². The van der Waals surface area contributed by atoms with E-state index in [-0.39, 0.29) is 17.3 Å². The molecule has 0 bridgehead atoms. The Morgan fingerprint density at radius 3 is 2.69 bits per heavy atom. The minimum atomic E-state index is -0.703. The van der Waals surface area contributed by atoms with Gasteiger partial charge in [-0.1, -0.05) is 0 Å². The lowest BCUT2D eigenvalue weighted by Crippen LogP contribution is -2.06. The molecule has 0 heterocycles. The molecule has 2 fully saturated rings. The second-order valence-corrected chi connectivity index (χ2v) is 4.03. The molecule has 0 amide bonds. The Morgan fingerprint density at radius 2 is 2.23 bits per heavy atom. The average molecular weight is 184 g/mol. The molecule has 2 aliphatic rings. The summed E-state index contributed by atoms with van der Waals surface area (Å²) < 4.78 is 4.84. The minimum absolute atomic E-state index is 0.0152. The number of carboxylic acid groups (broad SMARTS) is 1. The third-order valence-corrected chi connectivity index (χ3v) is 3.18. The van der Waals surface area contributed by atoms with E-state index in [1.165, 1.54) is 6.92 Å². The van der Waals surface area contributed by atoms with Crippen molar-refractivity contribution in [1.29, 1.82) is 0 Å². The Kier molecular flexibility index (Phi) is 1.62. The van der Waals surface area contributed by atoms with E-state index in [2.05, 4.69) is 0 Å². The first kappa shape index (κ1) is 8.53. The van der Waals surface area contributed by atoms with Gasteiger partial charge in [0.05, 0.1) is 12.5 Å². The van der Waals surface area contributed by atoms with E-state index >= 15 is 0 Å². The number of ether oxygens (including phenoxy) is 1. The van der Waals surface area contributed by atoms with Gasteiger partial charge in [-0.05, 0) is 18.3 Å². The summed E-state index contributed by atoms with van der Waals surface area (Å²) in [6.45, 7) is 1.77. The second-order valence-electron chi connectivity index (χ2n) is 4.03. The third kappa shape index (κ3) is 1.30. The maximum Gasteiger partial charge on any atom is 0.307 e. The van der Waals surface area contributed by atoms with Crippen molar-refractivity contribution in [3.63, 3.8) is 0 Å². The number of carboxylic acids is 1. The maximum atomic E-state index is 10.6. The molecule has 0 aromatic heterocycles. The van der Waals surface area contributed by atoms with Crippen LogP contribution in [0.1, 0.15) is 19.8 Å². The fourth-order valence-electron chi connectivity index (χ4n) is 2.17. The predicted octanol–water partition coefficient (Wildman–Crippen LogP) is 0.660. The SMILES string of the molecule is CC(=O)OC[C@H]1C[C@@]12C[C@@H]2C(=O)O. The van der Waals surface area contributed by atoms with Crippen LogP contribution in [0.25, 0.3) is 0 Å². The fraction of sp³-hybridized carbons (Fsp3) is 0.778. The summed E-state index contributed by atoms with van der Waals surface area (Å²) in [4.78, 5) is 21.1. The van der Waals surface area contributed by atoms with Gasteiger partial charge < -0.3 is 9.84 Å². The highest BCUT2D eigenvalue weighted by molar-refractivity contribution is 5.76. The highest BCUT2D eigenvalue weighted by Gasteiger charge is 2.73. The number of hydrogen-bond acceptors (Lipinski definition) is 3. The Balaban J connectivity index is 1.78. The van der Waals surface area contributed by atoms with Crippen molar-refractivity contribution >= 4 is 11.9 Å². The van der Waals surface area contributed by atoms with Crippen molar-refractivity contribution < 1.29 is 19.4 Å². The molecule has 2 rings (SSSR count). The first-order valence-corrected chi connectivity index (χ1v) is 4.42. The quantitative estimate of drug-likeness (QED) is 0.654. The lowest BCUT2D eigenvalue weighted by atomic mass is 10.2. The van der Waals surface area contributed by atoms with Gasteiger partial charge in [0.2, 0.25) is 0 Å². The molecule has 3 atom stereocenters. The van der Waals surface area contributed by atoms with Crippen LogP contribution in [0.4, 0.5) is 0 Å². The van der Waals surface area contributed by atoms with E-state index in [9.17, 15) is 9.59 Å². The molecule has 1 spiro atoms. The van der Waals surface area contributed by atoms with E-state index in [0.717, 1.165) is 12.8 Å². The number of esters is 1. The summed E-state index contributed by atoms with van der Waals surface area (Å²) in [5.74, 6) is -0.856. The van der Waals surface area contributed by atoms with Crippen molar-refractivity contribution in [3.05, 3.63) is 0 Å². The summed E-state index contributed by atoms with van der Waals surface area (Å²) in [5, 5.41) is 8.72. The monoisotopic (exact) mass is 184 g/mol. The first-order valence-electron chi connectivity index (χ1n) is 4.42. The van der Waals surface area contributed by atoms with E-state index in [0.29, 0.717) is 12.5 Å². The van der Waals surface area contributed by atoms with Crippen molar-refractivity contribution in [1.82, 2.24) is 0 Å². The van der Waals surface area contributed by atoms with E-state index in [1.807, 2.05) is 0 Å². The normalized spacial score (nSPS) is 40.1. The van der Waals surface area contributed by atoms with Crippen LogP contribution in [0.5, 0.6) is 0 Å². The van der Waals surface area contributed by atoms with Crippen LogP contribution in [0, 0.1) is 17.3 Å². The third-order valence-electron chi connectivity index (χ3n) is 3.18. The van der Waals surface area contributed by atoms with Crippen LogP contribution in [0.3, 0.4) is 0 Å². The molecular formula is C9H12O4. The lowest BCUT2D eigenvalue weighted by molar-refractivity contribution is -0.141. The highest BCUT2D eigenvalue weighted by atomic mass is 16.5. The summed E-state index contributed by atoms with van der Waals surface area (Å²) in [6.07, 6.45) is 1.69. The zero-order valence-electron chi connectivity index (χ0n) is 7.45. The summed E-state index contributed by atoms with van der Waals surface area (Å²) >= 11 is 0. The standard InChI is InChI=1S/C9H12O4/c1-5(10)13-4-6-2-9(6)3-7(9)8(11)12/h6-7H,2-4H2,1H3,(H,11,12)/t6-,7-,9-/m1/s1. The summed E-state index contributed by atoms with van der Waals surface area (Å²) in [6, 6.07) is 0. The summed E-state index contributed by atoms with van der Waals surface area (Å²) in [5.41, 5.74) is 0.0152. The molecule has 4 heteroatoms. The van der Waals surface area contributed by atoms with Gasteiger partial charge in [-0.25, -0.2) is 0 Å². The zero-order valence-corrected chi connectivity index (χ0v) is 7.45. The smallest absolute Gasteiger partial charge is 0.307 e. The van der Waals surface area contributed by atoms with Crippen molar-refractivity contribution in [3.8, 4) is 0 Å². The number of carbonyl (C=O) groups excluding carboxylic acids is 1. The van der Waals surface area contributed by atoms with Crippen LogP contribution >= 0.6 is 0 Å². The maximum absolute atomic E-state index is 10.6. The van der Waals surface area contributed by atoms with Crippen molar-refractivity contribution in [2.24, 2.45) is 17.3 Å². The molecule has 2 saturated carbocycles. The molecule has 0 radical (unpaired) electrons. The Hall–Kier alpha value is -1.06. The Labute approximate surface area is 75.9 Å². The molecule has 1 N–H and O–H groups in total. The largest absolute Gasteiger partial charge is 0.481 e. The molecule has 13 heavy (non-hydrogen) atoms. The fourth-order valence-corrected chi connectivity index (χ4v) is 2.17. The van der Waals surface area contributed by atoms with Crippen LogP contribution in [-0.4, -0.2) is 23.7 Å². The van der Waals surface area contributed by atoms with Gasteiger partial charge in [0.25, 0.3) is 0 Å². The average Bonchev–Trinajstić information content (AvgIpc) is 2.88.